The number of nitrogens with zero attached hydrogens (tertiary/aromatic N) is 1. The summed E-state index contributed by atoms with van der Waals surface area (Å²) in [6, 6.07) is 0. The van der Waals surface area contributed by atoms with E-state index in [-0.39, 0.29) is 11.1 Å². The molecule has 2 amide bonds. The minimum Gasteiger partial charge on any atom is -0.315 e. The standard InChI is InChI=1S/C9H14N2O2S/c1-2-11-7(12)9(14-8(11)13)4-3-5-10-6-9/h10H,2-6H2,1H3. The number of carbonyl (C=O) groups excluding carboxylic acids is 2. The van der Waals surface area contributed by atoms with E-state index in [9.17, 15) is 9.59 Å². The van der Waals surface area contributed by atoms with E-state index in [4.69, 9.17) is 0 Å². The molecule has 1 unspecified atom stereocenters. The Balaban J connectivity index is 2.21. The van der Waals surface area contributed by atoms with Crippen LogP contribution in [0.25, 0.3) is 0 Å². The minimum absolute atomic E-state index is 0.00204. The summed E-state index contributed by atoms with van der Waals surface area (Å²) in [5.74, 6) is 0.00204. The topological polar surface area (TPSA) is 49.4 Å². The first-order valence-corrected chi connectivity index (χ1v) is 5.77. The van der Waals surface area contributed by atoms with E-state index < -0.39 is 4.75 Å². The summed E-state index contributed by atoms with van der Waals surface area (Å²) >= 11 is 1.20. The third kappa shape index (κ3) is 1.35. The molecule has 1 atom stereocenters. The monoisotopic (exact) mass is 214 g/mol. The van der Waals surface area contributed by atoms with Crippen LogP contribution in [0.5, 0.6) is 0 Å². The van der Waals surface area contributed by atoms with Crippen molar-refractivity contribution in [3.8, 4) is 0 Å². The highest BCUT2D eigenvalue weighted by Crippen LogP contribution is 2.41. The number of hydrogen-bond acceptors (Lipinski definition) is 4. The highest BCUT2D eigenvalue weighted by molar-refractivity contribution is 8.16. The van der Waals surface area contributed by atoms with Gasteiger partial charge in [-0.15, -0.1) is 0 Å². The molecular weight excluding hydrogens is 200 g/mol. The Morgan fingerprint density at radius 1 is 1.57 bits per heavy atom. The molecule has 0 bridgehead atoms. The van der Waals surface area contributed by atoms with Crippen LogP contribution in [0.2, 0.25) is 0 Å². The quantitative estimate of drug-likeness (QED) is 0.702. The lowest BCUT2D eigenvalue weighted by atomic mass is 9.97. The Hall–Kier alpha value is -0.550. The summed E-state index contributed by atoms with van der Waals surface area (Å²) in [5, 5.41) is 3.11. The molecule has 0 aromatic rings. The van der Waals surface area contributed by atoms with Gasteiger partial charge in [0.1, 0.15) is 4.75 Å². The van der Waals surface area contributed by atoms with Crippen molar-refractivity contribution in [2.24, 2.45) is 0 Å². The second kappa shape index (κ2) is 3.55. The molecule has 2 aliphatic heterocycles. The van der Waals surface area contributed by atoms with Crippen LogP contribution in [0.15, 0.2) is 0 Å². The number of carbonyl (C=O) groups is 2. The Morgan fingerprint density at radius 2 is 2.36 bits per heavy atom. The van der Waals surface area contributed by atoms with Crippen LogP contribution in [-0.4, -0.2) is 40.4 Å². The van der Waals surface area contributed by atoms with Crippen LogP contribution in [0.1, 0.15) is 19.8 Å². The van der Waals surface area contributed by atoms with Gasteiger partial charge in [0.15, 0.2) is 0 Å². The van der Waals surface area contributed by atoms with Crippen molar-refractivity contribution in [2.75, 3.05) is 19.6 Å². The first kappa shape index (κ1) is 9.98. The molecule has 4 nitrogen and oxygen atoms in total. The van der Waals surface area contributed by atoms with E-state index in [0.717, 1.165) is 19.4 Å². The first-order valence-electron chi connectivity index (χ1n) is 4.95. The van der Waals surface area contributed by atoms with Gasteiger partial charge in [-0.25, -0.2) is 0 Å². The Morgan fingerprint density at radius 3 is 2.86 bits per heavy atom. The van der Waals surface area contributed by atoms with Gasteiger partial charge in [-0.2, -0.15) is 0 Å². The summed E-state index contributed by atoms with van der Waals surface area (Å²) in [6.45, 7) is 3.92. The zero-order chi connectivity index (χ0) is 10.2. The third-order valence-electron chi connectivity index (χ3n) is 2.80. The van der Waals surface area contributed by atoms with E-state index in [0.29, 0.717) is 13.1 Å². The average Bonchev–Trinajstić information content (AvgIpc) is 2.40. The van der Waals surface area contributed by atoms with Crippen LogP contribution in [0.4, 0.5) is 4.79 Å². The van der Waals surface area contributed by atoms with Gasteiger partial charge in [-0.05, 0) is 38.1 Å². The van der Waals surface area contributed by atoms with E-state index in [1.54, 1.807) is 0 Å². The molecule has 2 heterocycles. The lowest BCUT2D eigenvalue weighted by Gasteiger charge is -2.29. The van der Waals surface area contributed by atoms with Crippen LogP contribution < -0.4 is 5.32 Å². The van der Waals surface area contributed by atoms with Gasteiger partial charge in [0.05, 0.1) is 0 Å². The number of rotatable bonds is 1. The third-order valence-corrected chi connectivity index (χ3v) is 4.11. The number of piperidine rings is 1. The second-order valence-electron chi connectivity index (χ2n) is 3.69. The molecule has 2 aliphatic rings. The highest BCUT2D eigenvalue weighted by Gasteiger charge is 2.52. The number of imide groups is 1. The number of hydrogen-bond donors (Lipinski definition) is 1. The fourth-order valence-electron chi connectivity index (χ4n) is 2.01. The van der Waals surface area contributed by atoms with Gasteiger partial charge in [-0.3, -0.25) is 14.5 Å². The lowest BCUT2D eigenvalue weighted by Crippen LogP contribution is -2.49. The fourth-order valence-corrected chi connectivity index (χ4v) is 3.29. The molecule has 0 aromatic heterocycles. The van der Waals surface area contributed by atoms with Gasteiger partial charge in [-0.1, -0.05) is 0 Å². The molecular formula is C9H14N2O2S. The Kier molecular flexibility index (Phi) is 2.53. The first-order chi connectivity index (χ1) is 6.69. The van der Waals surface area contributed by atoms with Crippen LogP contribution in [0.3, 0.4) is 0 Å². The van der Waals surface area contributed by atoms with Gasteiger partial charge in [0, 0.05) is 13.1 Å². The molecule has 14 heavy (non-hydrogen) atoms. The van der Waals surface area contributed by atoms with E-state index in [2.05, 4.69) is 5.32 Å². The summed E-state index contributed by atoms with van der Waals surface area (Å²) in [5.41, 5.74) is 0. The van der Waals surface area contributed by atoms with Crippen LogP contribution in [0, 0.1) is 0 Å². The SMILES string of the molecule is CCN1C(=O)SC2(CCCNC2)C1=O. The molecule has 2 fully saturated rings. The van der Waals surface area contributed by atoms with Crippen LogP contribution >= 0.6 is 11.8 Å². The molecule has 5 heteroatoms. The molecule has 2 saturated heterocycles. The molecule has 1 N–H and O–H groups in total. The maximum absolute atomic E-state index is 12.0. The maximum Gasteiger partial charge on any atom is 0.289 e. The smallest absolute Gasteiger partial charge is 0.289 e. The summed E-state index contributed by atoms with van der Waals surface area (Å²) in [4.78, 5) is 24.9. The van der Waals surface area contributed by atoms with Crippen molar-refractivity contribution in [1.82, 2.24) is 10.2 Å². The fraction of sp³-hybridized carbons (Fsp3) is 0.778. The van der Waals surface area contributed by atoms with Gasteiger partial charge in [0.2, 0.25) is 5.91 Å². The predicted octanol–water partition coefficient (Wildman–Crippen LogP) is 0.824. The van der Waals surface area contributed by atoms with Crippen LogP contribution in [-0.2, 0) is 4.79 Å². The second-order valence-corrected chi connectivity index (χ2v) is 5.03. The van der Waals surface area contributed by atoms with Crippen molar-refractivity contribution in [3.63, 3.8) is 0 Å². The average molecular weight is 214 g/mol. The van der Waals surface area contributed by atoms with Gasteiger partial charge >= 0.3 is 0 Å². The van der Waals surface area contributed by atoms with Gasteiger partial charge in [0.25, 0.3) is 5.24 Å². The molecule has 78 valence electrons. The summed E-state index contributed by atoms with van der Waals surface area (Å²) in [6.07, 6.45) is 1.80. The van der Waals surface area contributed by atoms with E-state index >= 15 is 0 Å². The van der Waals surface area contributed by atoms with E-state index in [1.807, 2.05) is 6.92 Å². The maximum atomic E-state index is 12.0. The molecule has 0 radical (unpaired) electrons. The number of thioether (sulfide) groups is 1. The summed E-state index contributed by atoms with van der Waals surface area (Å²) in [7, 11) is 0. The lowest BCUT2D eigenvalue weighted by molar-refractivity contribution is -0.129. The number of nitrogens with one attached hydrogen (secondary N) is 1. The zero-order valence-corrected chi connectivity index (χ0v) is 9.02. The van der Waals surface area contributed by atoms with Crippen molar-refractivity contribution in [3.05, 3.63) is 0 Å². The summed E-state index contributed by atoms with van der Waals surface area (Å²) < 4.78 is -0.481. The predicted molar refractivity (Wildman–Crippen MR) is 55.2 cm³/mol. The largest absolute Gasteiger partial charge is 0.315 e. The van der Waals surface area contributed by atoms with Crippen molar-refractivity contribution in [1.29, 1.82) is 0 Å². The molecule has 1 spiro atoms. The normalized spacial score (nSPS) is 33.1. The zero-order valence-electron chi connectivity index (χ0n) is 8.21. The number of amides is 2. The van der Waals surface area contributed by atoms with Crippen molar-refractivity contribution >= 4 is 22.9 Å². The van der Waals surface area contributed by atoms with E-state index in [1.165, 1.54) is 16.7 Å². The molecule has 0 aliphatic carbocycles. The highest BCUT2D eigenvalue weighted by atomic mass is 32.2. The van der Waals surface area contributed by atoms with Crippen molar-refractivity contribution in [2.45, 2.75) is 24.5 Å². The van der Waals surface area contributed by atoms with Gasteiger partial charge < -0.3 is 5.32 Å². The molecule has 0 aromatic carbocycles. The molecule has 2 rings (SSSR count). The Labute approximate surface area is 87.4 Å². The molecule has 0 saturated carbocycles. The Bertz CT molecular complexity index is 274. The minimum atomic E-state index is -0.481. The van der Waals surface area contributed by atoms with Crippen molar-refractivity contribution < 1.29 is 9.59 Å².